The number of fused-ring (bicyclic) bond motifs is 1. The number of ether oxygens (including phenoxy) is 1. The fraction of sp³-hybridized carbons (Fsp3) is 0.353. The van der Waals surface area contributed by atoms with Crippen LogP contribution in [0, 0.1) is 0 Å². The second kappa shape index (κ2) is 8.14. The summed E-state index contributed by atoms with van der Waals surface area (Å²) in [6.45, 7) is -0.0163. The van der Waals surface area contributed by atoms with Crippen molar-refractivity contribution >= 4 is 17.1 Å². The van der Waals surface area contributed by atoms with Crippen LogP contribution in [0.25, 0.3) is 10.8 Å². The molecule has 0 saturated carbocycles. The monoisotopic (exact) mass is 320 g/mol. The molecule has 23 heavy (non-hydrogen) atoms. The van der Waals surface area contributed by atoms with Gasteiger partial charge in [-0.05, 0) is 22.4 Å². The zero-order valence-corrected chi connectivity index (χ0v) is 12.4. The fourth-order valence-corrected chi connectivity index (χ4v) is 2.23. The highest BCUT2D eigenvalue weighted by Crippen LogP contribution is 2.16. The van der Waals surface area contributed by atoms with Gasteiger partial charge in [-0.3, -0.25) is 0 Å². The van der Waals surface area contributed by atoms with Gasteiger partial charge in [0.15, 0.2) is 6.29 Å². The van der Waals surface area contributed by atoms with Crippen LogP contribution in [0.2, 0.25) is 0 Å². The van der Waals surface area contributed by atoms with Crippen molar-refractivity contribution in [3.8, 4) is 0 Å². The third-order valence-corrected chi connectivity index (χ3v) is 3.60. The number of aliphatic hydroxyl groups excluding tert-OH is 4. The van der Waals surface area contributed by atoms with Crippen LogP contribution in [-0.2, 0) is 16.1 Å². The van der Waals surface area contributed by atoms with Crippen LogP contribution in [-0.4, -0.2) is 57.7 Å². The molecule has 0 bridgehead atoms. The number of aldehydes is 1. The summed E-state index contributed by atoms with van der Waals surface area (Å²) in [5.41, 5.74) is 0.902. The summed E-state index contributed by atoms with van der Waals surface area (Å²) in [4.78, 5) is 10.3. The van der Waals surface area contributed by atoms with Crippen molar-refractivity contribution in [2.75, 3.05) is 6.61 Å². The summed E-state index contributed by atoms with van der Waals surface area (Å²) in [6, 6.07) is 13.7. The molecule has 0 aliphatic heterocycles. The van der Waals surface area contributed by atoms with Gasteiger partial charge in [-0.2, -0.15) is 0 Å². The Bertz CT molecular complexity index is 644. The Labute approximate surface area is 133 Å². The van der Waals surface area contributed by atoms with Crippen molar-refractivity contribution in [3.63, 3.8) is 0 Å². The van der Waals surface area contributed by atoms with Crippen molar-refractivity contribution in [3.05, 3.63) is 48.0 Å². The third-order valence-electron chi connectivity index (χ3n) is 3.60. The van der Waals surface area contributed by atoms with E-state index in [1.54, 1.807) is 0 Å². The van der Waals surface area contributed by atoms with Crippen molar-refractivity contribution in [2.45, 2.75) is 31.0 Å². The molecule has 0 aromatic heterocycles. The summed E-state index contributed by atoms with van der Waals surface area (Å²) < 4.78 is 5.32. The molecule has 0 amide bonds. The third kappa shape index (κ3) is 4.57. The maximum Gasteiger partial charge on any atom is 0.151 e. The largest absolute Gasteiger partial charge is 0.388 e. The van der Waals surface area contributed by atoms with Crippen molar-refractivity contribution < 1.29 is 30.0 Å². The molecule has 4 N–H and O–H groups in total. The van der Waals surface area contributed by atoms with E-state index in [1.165, 1.54) is 0 Å². The van der Waals surface area contributed by atoms with E-state index >= 15 is 0 Å². The van der Waals surface area contributed by atoms with E-state index in [0.29, 0.717) is 0 Å². The van der Waals surface area contributed by atoms with Gasteiger partial charge >= 0.3 is 0 Å². The van der Waals surface area contributed by atoms with Crippen LogP contribution in [0.4, 0.5) is 0 Å². The van der Waals surface area contributed by atoms with Gasteiger partial charge < -0.3 is 30.0 Å². The normalized spacial score (nSPS) is 16.7. The topological polar surface area (TPSA) is 107 Å². The first-order valence-electron chi connectivity index (χ1n) is 7.26. The van der Waals surface area contributed by atoms with Crippen molar-refractivity contribution in [2.24, 2.45) is 0 Å². The molecule has 6 nitrogen and oxygen atoms in total. The molecule has 0 aliphatic rings. The Balaban J connectivity index is 1.86. The minimum absolute atomic E-state index is 0.0938. The number of carbonyl (C=O) groups excluding carboxylic acids is 1. The number of rotatable bonds is 8. The van der Waals surface area contributed by atoms with Crippen molar-refractivity contribution in [1.82, 2.24) is 0 Å². The summed E-state index contributed by atoms with van der Waals surface area (Å²) in [5, 5.41) is 40.1. The minimum Gasteiger partial charge on any atom is -0.388 e. The average Bonchev–Trinajstić information content (AvgIpc) is 2.59. The van der Waals surface area contributed by atoms with Crippen LogP contribution < -0.4 is 0 Å². The predicted octanol–water partition coefficient (Wildman–Crippen LogP) is -0.00110. The molecule has 0 heterocycles. The Morgan fingerprint density at radius 2 is 1.65 bits per heavy atom. The van der Waals surface area contributed by atoms with E-state index in [4.69, 9.17) is 9.84 Å². The fourth-order valence-electron chi connectivity index (χ4n) is 2.23. The molecule has 0 saturated heterocycles. The van der Waals surface area contributed by atoms with E-state index in [9.17, 15) is 20.1 Å². The number of benzene rings is 2. The van der Waals surface area contributed by atoms with Gasteiger partial charge in [0.2, 0.25) is 0 Å². The zero-order valence-electron chi connectivity index (χ0n) is 12.4. The molecule has 0 aliphatic carbocycles. The molecule has 124 valence electrons. The van der Waals surface area contributed by atoms with E-state index in [0.717, 1.165) is 16.3 Å². The zero-order chi connectivity index (χ0) is 16.8. The quantitative estimate of drug-likeness (QED) is 0.510. The lowest BCUT2D eigenvalue weighted by atomic mass is 10.0. The first kappa shape index (κ1) is 17.5. The second-order valence-corrected chi connectivity index (χ2v) is 5.37. The number of aliphatic hydroxyl groups is 4. The lowest BCUT2D eigenvalue weighted by molar-refractivity contribution is -0.139. The highest BCUT2D eigenvalue weighted by atomic mass is 16.5. The van der Waals surface area contributed by atoms with E-state index < -0.39 is 24.4 Å². The first-order valence-corrected chi connectivity index (χ1v) is 7.26. The van der Waals surface area contributed by atoms with Gasteiger partial charge in [0.1, 0.15) is 24.4 Å². The van der Waals surface area contributed by atoms with Crippen LogP contribution in [0.5, 0.6) is 0 Å². The number of hydrogen-bond acceptors (Lipinski definition) is 6. The molecule has 4 atom stereocenters. The summed E-state index contributed by atoms with van der Waals surface area (Å²) in [5.74, 6) is 0. The highest BCUT2D eigenvalue weighted by Gasteiger charge is 2.30. The van der Waals surface area contributed by atoms with Gasteiger partial charge in [0.05, 0.1) is 13.2 Å². The van der Waals surface area contributed by atoms with E-state index in [1.807, 2.05) is 42.5 Å². The maximum absolute atomic E-state index is 10.3. The maximum atomic E-state index is 10.3. The molecule has 6 heteroatoms. The summed E-state index contributed by atoms with van der Waals surface area (Å²) in [7, 11) is 0. The van der Waals surface area contributed by atoms with Crippen LogP contribution in [0.15, 0.2) is 42.5 Å². The Kier molecular flexibility index (Phi) is 6.20. The Morgan fingerprint density at radius 1 is 0.957 bits per heavy atom. The van der Waals surface area contributed by atoms with E-state index in [-0.39, 0.29) is 19.5 Å². The predicted molar refractivity (Wildman–Crippen MR) is 83.7 cm³/mol. The molecule has 0 spiro atoms. The molecular formula is C17H20O6. The lowest BCUT2D eigenvalue weighted by Gasteiger charge is -2.24. The second-order valence-electron chi connectivity index (χ2n) is 5.37. The standard InChI is InChI=1S/C17H20O6/c18-8-14(19)16(21)17(22)15(20)10-23-9-11-5-6-12-3-1-2-4-13(12)7-11/h1-8,14-17,19-22H,9-10H2/t14-,15+,16+,17+/m0/s1. The molecular weight excluding hydrogens is 300 g/mol. The van der Waals surface area contributed by atoms with Gasteiger partial charge in [-0.25, -0.2) is 0 Å². The molecule has 0 unspecified atom stereocenters. The smallest absolute Gasteiger partial charge is 0.151 e. The summed E-state index contributed by atoms with van der Waals surface area (Å²) in [6.07, 6.45) is -6.50. The van der Waals surface area contributed by atoms with Crippen LogP contribution >= 0.6 is 0 Å². The molecule has 2 rings (SSSR count). The Hall–Kier alpha value is -1.83. The molecule has 0 fully saturated rings. The highest BCUT2D eigenvalue weighted by molar-refractivity contribution is 5.82. The first-order chi connectivity index (χ1) is 11.0. The summed E-state index contributed by atoms with van der Waals surface area (Å²) >= 11 is 0. The van der Waals surface area contributed by atoms with Crippen LogP contribution in [0.3, 0.4) is 0 Å². The number of hydrogen-bond donors (Lipinski definition) is 4. The molecule has 2 aromatic carbocycles. The number of carbonyl (C=O) groups is 1. The lowest BCUT2D eigenvalue weighted by Crippen LogP contribution is -2.46. The SMILES string of the molecule is O=C[C@H](O)[C@@H](O)[C@H](O)[C@H](O)COCc1ccc2ccccc2c1. The average molecular weight is 320 g/mol. The minimum atomic E-state index is -1.76. The van der Waals surface area contributed by atoms with Crippen molar-refractivity contribution in [1.29, 1.82) is 0 Å². The van der Waals surface area contributed by atoms with Crippen LogP contribution in [0.1, 0.15) is 5.56 Å². The molecule has 0 radical (unpaired) electrons. The van der Waals surface area contributed by atoms with Gasteiger partial charge in [0.25, 0.3) is 0 Å². The van der Waals surface area contributed by atoms with Gasteiger partial charge in [-0.15, -0.1) is 0 Å². The Morgan fingerprint density at radius 3 is 2.35 bits per heavy atom. The van der Waals surface area contributed by atoms with E-state index in [2.05, 4.69) is 0 Å². The van der Waals surface area contributed by atoms with Gasteiger partial charge in [0, 0.05) is 0 Å². The van der Waals surface area contributed by atoms with Gasteiger partial charge in [-0.1, -0.05) is 36.4 Å². The molecule has 2 aromatic rings.